The van der Waals surface area contributed by atoms with Crippen molar-refractivity contribution in [3.8, 4) is 0 Å². The van der Waals surface area contributed by atoms with Gasteiger partial charge in [0.05, 0.1) is 47.6 Å². The van der Waals surface area contributed by atoms with E-state index in [4.69, 9.17) is 28.4 Å². The summed E-state index contributed by atoms with van der Waals surface area (Å²) in [5, 5.41) is 69.7. The summed E-state index contributed by atoms with van der Waals surface area (Å²) in [4.78, 5) is 20.0. The number of cyclic esters (lactones) is 1. The Morgan fingerprint density at radius 2 is 1.55 bits per heavy atom. The van der Waals surface area contributed by atoms with Crippen LogP contribution < -0.4 is 0 Å². The molecule has 3 aliphatic heterocycles. The number of hydrogen-bond acceptors (Lipinski definition) is 16. The Hall–Kier alpha value is -1.09. The fourth-order valence-electron chi connectivity index (χ4n) is 9.61. The van der Waals surface area contributed by atoms with Crippen molar-refractivity contribution in [2.24, 2.45) is 17.8 Å². The van der Waals surface area contributed by atoms with Crippen LogP contribution in [0.2, 0.25) is 0 Å². The molecule has 16 heteroatoms. The second kappa shape index (κ2) is 20.9. The van der Waals surface area contributed by atoms with Gasteiger partial charge in [-0.3, -0.25) is 9.69 Å². The monoisotopic (exact) mass is 836 g/mol. The van der Waals surface area contributed by atoms with Crippen LogP contribution in [-0.2, 0) is 33.2 Å². The molecule has 3 aliphatic rings. The number of likely N-dealkylation sites (N-methyl/N-ethyl adjacent to an activating group) is 3. The van der Waals surface area contributed by atoms with E-state index in [0.29, 0.717) is 26.1 Å². The number of nitrogens with zero attached hydrogens (tertiary/aromatic N) is 3. The fourth-order valence-corrected chi connectivity index (χ4v) is 9.61. The molecule has 19 atom stereocenters. The lowest BCUT2D eigenvalue weighted by Gasteiger charge is -2.49. The second-order valence-electron chi connectivity index (χ2n) is 19.1. The molecule has 0 amide bonds. The molecule has 3 fully saturated rings. The van der Waals surface area contributed by atoms with Crippen LogP contribution >= 0.6 is 0 Å². The average Bonchev–Trinajstić information content (AvgIpc) is 3.12. The normalized spacial score (nSPS) is 46.4. The van der Waals surface area contributed by atoms with Crippen LogP contribution in [0, 0.1) is 17.8 Å². The van der Waals surface area contributed by atoms with Gasteiger partial charge in [0.15, 0.2) is 12.6 Å². The van der Waals surface area contributed by atoms with E-state index in [1.165, 1.54) is 14.0 Å². The van der Waals surface area contributed by atoms with Crippen molar-refractivity contribution in [2.45, 2.75) is 191 Å². The van der Waals surface area contributed by atoms with Gasteiger partial charge in [-0.2, -0.15) is 0 Å². The Morgan fingerprint density at radius 1 is 0.931 bits per heavy atom. The van der Waals surface area contributed by atoms with E-state index >= 15 is 0 Å². The van der Waals surface area contributed by atoms with Gasteiger partial charge in [-0.1, -0.05) is 20.8 Å². The zero-order chi connectivity index (χ0) is 44.2. The summed E-state index contributed by atoms with van der Waals surface area (Å²) >= 11 is 0. The third-order valence-corrected chi connectivity index (χ3v) is 13.2. The summed E-state index contributed by atoms with van der Waals surface area (Å²) in [6.07, 6.45) is -9.65. The van der Waals surface area contributed by atoms with E-state index in [9.17, 15) is 35.4 Å². The predicted octanol–water partition coefficient (Wildman–Crippen LogP) is 1.19. The maximum Gasteiger partial charge on any atom is 0.311 e. The largest absolute Gasteiger partial charge is 0.459 e. The van der Waals surface area contributed by atoms with Crippen molar-refractivity contribution in [1.29, 1.82) is 0 Å². The van der Waals surface area contributed by atoms with Crippen LogP contribution in [-0.4, -0.2) is 203 Å². The maximum absolute atomic E-state index is 14.3. The highest BCUT2D eigenvalue weighted by molar-refractivity contribution is 5.73. The second-order valence-corrected chi connectivity index (χ2v) is 19.1. The van der Waals surface area contributed by atoms with Gasteiger partial charge in [-0.25, -0.2) is 0 Å². The molecule has 0 saturated carbocycles. The van der Waals surface area contributed by atoms with Crippen molar-refractivity contribution < 1.29 is 63.9 Å². The highest BCUT2D eigenvalue weighted by Gasteiger charge is 2.53. The summed E-state index contributed by atoms with van der Waals surface area (Å²) in [6, 6.07) is -1.02. The van der Waals surface area contributed by atoms with Crippen LogP contribution in [0.25, 0.3) is 0 Å². The average molecular weight is 836 g/mol. The minimum Gasteiger partial charge on any atom is -0.459 e. The Labute approximate surface area is 348 Å². The van der Waals surface area contributed by atoms with Crippen molar-refractivity contribution >= 4 is 5.97 Å². The van der Waals surface area contributed by atoms with Crippen molar-refractivity contribution in [1.82, 2.24) is 14.7 Å². The number of methoxy groups -OCH3 is 1. The highest BCUT2D eigenvalue weighted by Crippen LogP contribution is 2.40. The molecule has 0 aromatic carbocycles. The zero-order valence-electron chi connectivity index (χ0n) is 38.1. The number of aliphatic hydroxyl groups excluding tert-OH is 4. The Morgan fingerprint density at radius 3 is 2.12 bits per heavy atom. The first kappa shape index (κ1) is 51.3. The van der Waals surface area contributed by atoms with E-state index in [2.05, 4.69) is 0 Å². The number of carbonyl (C=O) groups excluding carboxylic acids is 1. The molecular weight excluding hydrogens is 754 g/mol. The van der Waals surface area contributed by atoms with Crippen molar-refractivity contribution in [2.75, 3.05) is 54.9 Å². The van der Waals surface area contributed by atoms with Gasteiger partial charge in [0, 0.05) is 51.2 Å². The van der Waals surface area contributed by atoms with Gasteiger partial charge in [0.2, 0.25) is 0 Å². The lowest BCUT2D eigenvalue weighted by Crippen LogP contribution is -2.61. The molecule has 6 N–H and O–H groups in total. The topological polar surface area (TPSA) is 204 Å². The smallest absolute Gasteiger partial charge is 0.311 e. The number of ether oxygens (including phenoxy) is 6. The zero-order valence-corrected chi connectivity index (χ0v) is 38.1. The lowest BCUT2D eigenvalue weighted by atomic mass is 9.77. The fraction of sp³-hybridized carbons (Fsp3) is 0.976. The van der Waals surface area contributed by atoms with Gasteiger partial charge in [0.1, 0.15) is 30.0 Å². The third kappa shape index (κ3) is 12.3. The Balaban J connectivity index is 2.15. The molecule has 16 nitrogen and oxygen atoms in total. The molecule has 0 aliphatic carbocycles. The van der Waals surface area contributed by atoms with Gasteiger partial charge in [-0.15, -0.1) is 0 Å². The van der Waals surface area contributed by atoms with E-state index < -0.39 is 108 Å². The maximum atomic E-state index is 14.3. The molecule has 3 saturated heterocycles. The van der Waals surface area contributed by atoms with Crippen LogP contribution in [0.5, 0.6) is 0 Å². The summed E-state index contributed by atoms with van der Waals surface area (Å²) < 4.78 is 37.9. The van der Waals surface area contributed by atoms with Crippen molar-refractivity contribution in [3.05, 3.63) is 0 Å². The Bertz CT molecular complexity index is 1280. The molecule has 3 rings (SSSR count). The molecule has 0 aromatic rings. The summed E-state index contributed by atoms with van der Waals surface area (Å²) in [5.74, 6) is -2.74. The quantitative estimate of drug-likeness (QED) is 0.162. The van der Waals surface area contributed by atoms with Crippen LogP contribution in [0.4, 0.5) is 0 Å². The van der Waals surface area contributed by atoms with Crippen LogP contribution in [0.1, 0.15) is 94.9 Å². The summed E-state index contributed by atoms with van der Waals surface area (Å²) in [7, 11) is 8.94. The first-order valence-corrected chi connectivity index (χ1v) is 21.3. The van der Waals surface area contributed by atoms with E-state index in [1.54, 1.807) is 48.5 Å². The van der Waals surface area contributed by atoms with Gasteiger partial charge >= 0.3 is 5.97 Å². The standard InChI is InChI=1S/C42H81N3O13/c1-16-31-42(10,52)35(48)27(6)44(13)20-23(2)18-40(8,51)37(58-39-33(47)30(17-24(3)54-39)45(14)22-29(46)21-43(11)12)25(4)34(26(5)38(50)56-31)57-32-19-41(9,53-15)36(49)28(7)55-32/h23-37,39,46-49,51-52H,16-22H2,1-15H3/t23-,24-,25+,26-,27-,28+,29?,30?,31-,32+,33-,34+,35-,36+,37-,39+,40-,41-,42-/m1/s1. The number of aliphatic hydroxyl groups is 6. The van der Waals surface area contributed by atoms with E-state index in [1.807, 2.05) is 56.7 Å². The minimum atomic E-state index is -1.82. The molecule has 342 valence electrons. The summed E-state index contributed by atoms with van der Waals surface area (Å²) in [6.45, 7) is 18.6. The lowest BCUT2D eigenvalue weighted by molar-refractivity contribution is -0.318. The summed E-state index contributed by atoms with van der Waals surface area (Å²) in [5.41, 5.74) is -4.49. The molecular formula is C42H81N3O13. The van der Waals surface area contributed by atoms with E-state index in [0.717, 1.165) is 0 Å². The number of esters is 1. The van der Waals surface area contributed by atoms with Crippen LogP contribution in [0.15, 0.2) is 0 Å². The SMILES string of the molecule is CC[C@H]1OC(=O)[C@H](C)[C@@H](O[C@H]2C[C@@](C)(OC)[C@@H](O)[C@H](C)O2)[C@H](C)[C@@H](O[C@@H]2O[C@H](C)CC(N(C)CC(O)CN(C)C)[C@H]2O)[C@](C)(O)C[C@@H](C)CN(C)[C@H](C)[C@@H](O)[C@]1(C)O. The minimum absolute atomic E-state index is 0.108. The first-order valence-electron chi connectivity index (χ1n) is 21.3. The van der Waals surface area contributed by atoms with Gasteiger partial charge in [0.25, 0.3) is 0 Å². The molecule has 3 heterocycles. The highest BCUT2D eigenvalue weighted by atomic mass is 16.7. The molecule has 0 radical (unpaired) electrons. The van der Waals surface area contributed by atoms with Crippen molar-refractivity contribution in [3.63, 3.8) is 0 Å². The molecule has 0 aromatic heterocycles. The number of rotatable bonds is 11. The molecule has 0 spiro atoms. The van der Waals surface area contributed by atoms with Gasteiger partial charge < -0.3 is 68.9 Å². The van der Waals surface area contributed by atoms with Gasteiger partial charge in [-0.05, 0) is 102 Å². The molecule has 2 unspecified atom stereocenters. The number of hydrogen-bond donors (Lipinski definition) is 6. The van der Waals surface area contributed by atoms with E-state index in [-0.39, 0.29) is 31.3 Å². The first-order chi connectivity index (χ1) is 26.7. The number of carbonyl (C=O) groups is 1. The molecule has 58 heavy (non-hydrogen) atoms. The molecule has 0 bridgehead atoms. The van der Waals surface area contributed by atoms with Crippen LogP contribution in [0.3, 0.4) is 0 Å². The third-order valence-electron chi connectivity index (χ3n) is 13.2. The Kier molecular flexibility index (Phi) is 18.4. The predicted molar refractivity (Wildman–Crippen MR) is 218 cm³/mol.